The van der Waals surface area contributed by atoms with Gasteiger partial charge < -0.3 is 20.1 Å². The molecule has 0 radical (unpaired) electrons. The number of hydrogen-bond acceptors (Lipinski definition) is 5. The summed E-state index contributed by atoms with van der Waals surface area (Å²) in [4.78, 5) is 30.8. The van der Waals surface area contributed by atoms with Gasteiger partial charge in [0.2, 0.25) is 0 Å². The first-order chi connectivity index (χ1) is 15.6. The predicted molar refractivity (Wildman–Crippen MR) is 123 cm³/mol. The average molecular weight is 439 g/mol. The first-order valence-corrected chi connectivity index (χ1v) is 10.8. The molecule has 1 aliphatic heterocycles. The van der Waals surface area contributed by atoms with Crippen molar-refractivity contribution in [1.82, 2.24) is 15.5 Å². The summed E-state index contributed by atoms with van der Waals surface area (Å²) in [6, 6.07) is 12.6. The van der Waals surface area contributed by atoms with E-state index in [-0.39, 0.29) is 11.8 Å². The quantitative estimate of drug-likeness (QED) is 0.257. The number of benzene rings is 2. The second-order valence-corrected chi connectivity index (χ2v) is 7.31. The van der Waals surface area contributed by atoms with E-state index < -0.39 is 0 Å². The largest absolute Gasteiger partial charge is 0.497 e. The molecule has 8 heteroatoms. The topological polar surface area (TPSA) is 92.3 Å². The van der Waals surface area contributed by atoms with Crippen LogP contribution in [0.5, 0.6) is 11.5 Å². The van der Waals surface area contributed by atoms with Crippen LogP contribution in [-0.2, 0) is 6.54 Å². The molecule has 0 bridgehead atoms. The van der Waals surface area contributed by atoms with Gasteiger partial charge in [-0.05, 0) is 44.0 Å². The van der Waals surface area contributed by atoms with Crippen LogP contribution < -0.4 is 20.1 Å². The minimum Gasteiger partial charge on any atom is -0.497 e. The van der Waals surface area contributed by atoms with Gasteiger partial charge in [0.1, 0.15) is 11.5 Å². The van der Waals surface area contributed by atoms with Crippen molar-refractivity contribution >= 4 is 17.8 Å². The Kier molecular flexibility index (Phi) is 8.08. The van der Waals surface area contributed by atoms with Crippen LogP contribution >= 0.6 is 0 Å². The number of ether oxygens (including phenoxy) is 2. The third kappa shape index (κ3) is 5.38. The number of fused-ring (bicyclic) bond motifs is 1. The maximum atomic E-state index is 12.4. The highest BCUT2D eigenvalue weighted by atomic mass is 16.5. The summed E-state index contributed by atoms with van der Waals surface area (Å²) in [5, 5.41) is 6.53. The van der Waals surface area contributed by atoms with Crippen LogP contribution in [0.15, 0.2) is 47.5 Å². The maximum absolute atomic E-state index is 12.4. The second kappa shape index (κ2) is 11.2. The van der Waals surface area contributed by atoms with E-state index in [9.17, 15) is 9.59 Å². The highest BCUT2D eigenvalue weighted by Gasteiger charge is 2.34. The lowest BCUT2D eigenvalue weighted by molar-refractivity contribution is 0.0652. The van der Waals surface area contributed by atoms with Gasteiger partial charge in [-0.1, -0.05) is 12.1 Å². The second-order valence-electron chi connectivity index (χ2n) is 7.31. The number of imide groups is 1. The Morgan fingerprint density at radius 1 is 0.969 bits per heavy atom. The molecule has 8 nitrogen and oxygen atoms in total. The Hall–Kier alpha value is -3.55. The predicted octanol–water partition coefficient (Wildman–Crippen LogP) is 2.84. The van der Waals surface area contributed by atoms with Crippen LogP contribution in [0.25, 0.3) is 0 Å². The lowest BCUT2D eigenvalue weighted by Gasteiger charge is -2.15. The van der Waals surface area contributed by atoms with Crippen LogP contribution in [0.2, 0.25) is 0 Å². The first-order valence-electron chi connectivity index (χ1n) is 10.8. The number of guanidine groups is 1. The molecule has 2 aromatic carbocycles. The summed E-state index contributed by atoms with van der Waals surface area (Å²) in [7, 11) is 3.24. The lowest BCUT2D eigenvalue weighted by Crippen LogP contribution is -2.38. The van der Waals surface area contributed by atoms with Crippen molar-refractivity contribution in [3.63, 3.8) is 0 Å². The van der Waals surface area contributed by atoms with Gasteiger partial charge in [-0.25, -0.2) is 4.99 Å². The Bertz CT molecular complexity index is 955. The number of hydrogen-bond donors (Lipinski definition) is 2. The zero-order chi connectivity index (χ0) is 22.9. The summed E-state index contributed by atoms with van der Waals surface area (Å²) in [6.45, 7) is 4.28. The number of carbonyl (C=O) groups is 2. The van der Waals surface area contributed by atoms with E-state index in [1.54, 1.807) is 38.5 Å². The van der Waals surface area contributed by atoms with E-state index in [0.717, 1.165) is 30.0 Å². The SMILES string of the molecule is CCNC(=NCc1ccc(OC)cc1OC)NCCCCN1C(=O)c2ccccc2C1=O. The van der Waals surface area contributed by atoms with Gasteiger partial charge in [0.15, 0.2) is 5.96 Å². The monoisotopic (exact) mass is 438 g/mol. The fourth-order valence-corrected chi connectivity index (χ4v) is 3.53. The lowest BCUT2D eigenvalue weighted by atomic mass is 10.1. The minimum absolute atomic E-state index is 0.207. The molecule has 1 heterocycles. The Morgan fingerprint density at radius 3 is 2.31 bits per heavy atom. The summed E-state index contributed by atoms with van der Waals surface area (Å²) in [6.07, 6.45) is 1.51. The van der Waals surface area contributed by atoms with Crippen LogP contribution in [0.4, 0.5) is 0 Å². The third-order valence-corrected chi connectivity index (χ3v) is 5.23. The zero-order valence-corrected chi connectivity index (χ0v) is 18.8. The number of aliphatic imine (C=N–C) groups is 1. The molecule has 3 rings (SSSR count). The molecule has 0 unspecified atom stereocenters. The van der Waals surface area contributed by atoms with Crippen molar-refractivity contribution in [2.45, 2.75) is 26.3 Å². The molecule has 2 amide bonds. The molecule has 2 aromatic rings. The number of carbonyl (C=O) groups excluding carboxylic acids is 2. The summed E-state index contributed by atoms with van der Waals surface area (Å²) >= 11 is 0. The van der Waals surface area contributed by atoms with Crippen molar-refractivity contribution < 1.29 is 19.1 Å². The first kappa shape index (κ1) is 23.1. The van der Waals surface area contributed by atoms with Gasteiger partial charge in [-0.3, -0.25) is 14.5 Å². The van der Waals surface area contributed by atoms with Gasteiger partial charge in [0, 0.05) is 31.3 Å². The Labute approximate surface area is 188 Å². The fraction of sp³-hybridized carbons (Fsp3) is 0.375. The Morgan fingerprint density at radius 2 is 1.69 bits per heavy atom. The highest BCUT2D eigenvalue weighted by Crippen LogP contribution is 2.25. The summed E-state index contributed by atoms with van der Waals surface area (Å²) in [5.41, 5.74) is 1.94. The Balaban J connectivity index is 1.48. The molecule has 1 aliphatic rings. The number of nitrogens with zero attached hydrogens (tertiary/aromatic N) is 2. The van der Waals surface area contributed by atoms with E-state index in [4.69, 9.17) is 9.47 Å². The molecule has 0 fully saturated rings. The molecule has 0 saturated heterocycles. The van der Waals surface area contributed by atoms with E-state index in [0.29, 0.717) is 43.1 Å². The smallest absolute Gasteiger partial charge is 0.261 e. The van der Waals surface area contributed by atoms with Gasteiger partial charge in [0.25, 0.3) is 11.8 Å². The van der Waals surface area contributed by atoms with Gasteiger partial charge in [0.05, 0.1) is 31.9 Å². The molecule has 32 heavy (non-hydrogen) atoms. The van der Waals surface area contributed by atoms with Crippen molar-refractivity contribution in [3.05, 3.63) is 59.2 Å². The zero-order valence-electron chi connectivity index (χ0n) is 18.8. The molecular formula is C24H30N4O4. The van der Waals surface area contributed by atoms with E-state index in [1.807, 2.05) is 25.1 Å². The minimum atomic E-state index is -0.207. The van der Waals surface area contributed by atoms with E-state index in [2.05, 4.69) is 15.6 Å². The summed E-state index contributed by atoms with van der Waals surface area (Å²) < 4.78 is 10.7. The van der Waals surface area contributed by atoms with Crippen molar-refractivity contribution in [3.8, 4) is 11.5 Å². The van der Waals surface area contributed by atoms with Crippen molar-refractivity contribution in [2.24, 2.45) is 4.99 Å². The van der Waals surface area contributed by atoms with E-state index >= 15 is 0 Å². The van der Waals surface area contributed by atoms with Gasteiger partial charge in [-0.15, -0.1) is 0 Å². The van der Waals surface area contributed by atoms with Gasteiger partial charge in [-0.2, -0.15) is 0 Å². The van der Waals surface area contributed by atoms with Gasteiger partial charge >= 0.3 is 0 Å². The number of amides is 2. The normalized spacial score (nSPS) is 13.2. The van der Waals surface area contributed by atoms with Crippen LogP contribution in [-0.4, -0.2) is 56.5 Å². The molecule has 0 spiro atoms. The van der Waals surface area contributed by atoms with Crippen molar-refractivity contribution in [1.29, 1.82) is 0 Å². The third-order valence-electron chi connectivity index (χ3n) is 5.23. The number of nitrogens with one attached hydrogen (secondary N) is 2. The number of unbranched alkanes of at least 4 members (excludes halogenated alkanes) is 1. The number of methoxy groups -OCH3 is 2. The molecule has 0 atom stereocenters. The van der Waals surface area contributed by atoms with Crippen LogP contribution in [0.1, 0.15) is 46.0 Å². The van der Waals surface area contributed by atoms with Crippen LogP contribution in [0.3, 0.4) is 0 Å². The van der Waals surface area contributed by atoms with E-state index in [1.165, 1.54) is 4.90 Å². The molecular weight excluding hydrogens is 408 g/mol. The number of rotatable bonds is 10. The molecule has 0 aliphatic carbocycles. The molecule has 0 saturated carbocycles. The molecule has 2 N–H and O–H groups in total. The standard InChI is InChI=1S/C24H30N4O4/c1-4-25-24(27-16-17-11-12-18(31-2)15-21(17)32-3)26-13-7-8-14-28-22(29)19-9-5-6-10-20(19)23(28)30/h5-6,9-12,15H,4,7-8,13-14,16H2,1-3H3,(H2,25,26,27). The maximum Gasteiger partial charge on any atom is 0.261 e. The molecule has 170 valence electrons. The highest BCUT2D eigenvalue weighted by molar-refractivity contribution is 6.21. The van der Waals surface area contributed by atoms with Crippen LogP contribution in [0, 0.1) is 0 Å². The van der Waals surface area contributed by atoms with Crippen molar-refractivity contribution in [2.75, 3.05) is 33.9 Å². The molecule has 0 aromatic heterocycles. The average Bonchev–Trinajstić information content (AvgIpc) is 3.07. The fourth-order valence-electron chi connectivity index (χ4n) is 3.53. The summed E-state index contributed by atoms with van der Waals surface area (Å²) in [5.74, 6) is 1.75.